The molecule has 0 radical (unpaired) electrons. The molecule has 0 spiro atoms. The van der Waals surface area contributed by atoms with Gasteiger partial charge in [-0.05, 0) is 37.9 Å². The molecule has 7 nitrogen and oxygen atoms in total. The Morgan fingerprint density at radius 3 is 2.50 bits per heavy atom. The number of carbonyl (C=O) groups is 1. The van der Waals surface area contributed by atoms with Crippen LogP contribution >= 0.6 is 11.3 Å². The van der Waals surface area contributed by atoms with Gasteiger partial charge in [0.2, 0.25) is 0 Å². The van der Waals surface area contributed by atoms with E-state index in [1.807, 2.05) is 30.3 Å². The van der Waals surface area contributed by atoms with Crippen LogP contribution in [0.25, 0.3) is 0 Å². The summed E-state index contributed by atoms with van der Waals surface area (Å²) >= 11 is 1.63. The number of hydrogen-bond acceptors (Lipinski definition) is 6. The van der Waals surface area contributed by atoms with Crippen LogP contribution in [-0.2, 0) is 20.6 Å². The fourth-order valence-corrected chi connectivity index (χ4v) is 3.40. The average molecular weight is 350 g/mol. The first kappa shape index (κ1) is 18.2. The molecule has 24 heavy (non-hydrogen) atoms. The molecule has 2 heterocycles. The molecule has 0 aliphatic heterocycles. The molecule has 0 aliphatic carbocycles. The van der Waals surface area contributed by atoms with Gasteiger partial charge in [-0.15, -0.1) is 11.3 Å². The van der Waals surface area contributed by atoms with Crippen LogP contribution in [0.2, 0.25) is 0 Å². The van der Waals surface area contributed by atoms with E-state index in [1.54, 1.807) is 18.3 Å². The van der Waals surface area contributed by atoms with Crippen LogP contribution in [0.1, 0.15) is 27.7 Å². The number of Topliss-reactive ketones (excluding diaryl/α,β-unsaturated/α-hetero) is 1. The molecule has 1 atom stereocenters. The molecular formula is C16H22N4O3S. The van der Waals surface area contributed by atoms with Gasteiger partial charge in [0, 0.05) is 25.5 Å². The molecule has 2 aromatic rings. The van der Waals surface area contributed by atoms with Crippen molar-refractivity contribution in [2.24, 2.45) is 14.1 Å². The number of nitrogen functional groups attached to an aromatic ring is 1. The number of hydrogen-bond donors (Lipinski definition) is 1. The van der Waals surface area contributed by atoms with Gasteiger partial charge in [0.05, 0.1) is 6.04 Å². The van der Waals surface area contributed by atoms with Gasteiger partial charge in [0.1, 0.15) is 11.4 Å². The van der Waals surface area contributed by atoms with Crippen LogP contribution < -0.4 is 17.0 Å². The quantitative estimate of drug-likeness (QED) is 0.803. The third-order valence-electron chi connectivity index (χ3n) is 4.36. The highest BCUT2D eigenvalue weighted by atomic mass is 32.1. The van der Waals surface area contributed by atoms with E-state index in [2.05, 4.69) is 0 Å². The number of carbonyl (C=O) groups excluding carboxylic acids is 1. The molecule has 0 unspecified atom stereocenters. The summed E-state index contributed by atoms with van der Waals surface area (Å²) < 4.78 is 2.02. The van der Waals surface area contributed by atoms with Crippen molar-refractivity contribution in [3.05, 3.63) is 48.3 Å². The Kier molecular flexibility index (Phi) is 5.10. The number of likely N-dealkylation sites (N-methyl/N-ethyl adjacent to an activating group) is 1. The Balaban J connectivity index is 2.37. The van der Waals surface area contributed by atoms with Crippen molar-refractivity contribution in [2.45, 2.75) is 26.4 Å². The second-order valence-corrected chi connectivity index (χ2v) is 6.95. The summed E-state index contributed by atoms with van der Waals surface area (Å²) in [6.07, 6.45) is 0. The number of thiophene rings is 1. The monoisotopic (exact) mass is 350 g/mol. The maximum atomic E-state index is 12.8. The molecule has 0 fully saturated rings. The lowest BCUT2D eigenvalue weighted by molar-refractivity contribution is 0.0861. The van der Waals surface area contributed by atoms with Crippen molar-refractivity contribution in [3.8, 4) is 0 Å². The fourth-order valence-electron chi connectivity index (χ4n) is 2.43. The molecule has 0 amide bonds. The van der Waals surface area contributed by atoms with Gasteiger partial charge in [0.25, 0.3) is 5.56 Å². The molecule has 0 saturated heterocycles. The van der Waals surface area contributed by atoms with Crippen molar-refractivity contribution in [1.29, 1.82) is 0 Å². The van der Waals surface area contributed by atoms with Gasteiger partial charge in [-0.3, -0.25) is 23.6 Å². The van der Waals surface area contributed by atoms with Crippen LogP contribution in [0, 0.1) is 6.92 Å². The normalized spacial score (nSPS) is 12.6. The molecule has 0 aromatic carbocycles. The molecule has 8 heteroatoms. The third-order valence-corrected chi connectivity index (χ3v) is 5.37. The molecular weight excluding hydrogens is 328 g/mol. The molecule has 2 rings (SSSR count). The Bertz CT molecular complexity index is 894. The maximum Gasteiger partial charge on any atom is 0.332 e. The first-order chi connectivity index (χ1) is 11.2. The lowest BCUT2D eigenvalue weighted by atomic mass is 10.1. The SMILES string of the molecule is Cc1ccsc1CN(C)[C@@H](C)C(=O)c1c(N)n(C)c(=O)n(C)c1=O. The first-order valence-corrected chi connectivity index (χ1v) is 8.37. The Morgan fingerprint density at radius 1 is 1.33 bits per heavy atom. The Morgan fingerprint density at radius 2 is 1.96 bits per heavy atom. The molecule has 0 saturated carbocycles. The van der Waals surface area contributed by atoms with E-state index < -0.39 is 17.3 Å². The Labute approximate surface area is 143 Å². The highest BCUT2D eigenvalue weighted by Crippen LogP contribution is 2.19. The largest absolute Gasteiger partial charge is 0.384 e. The standard InChI is InChI=1S/C16H22N4O3S/c1-9-6-7-24-11(9)8-18(3)10(2)13(21)12-14(17)19(4)16(23)20(5)15(12)22/h6-7,10H,8,17H2,1-5H3/t10-/m0/s1. The molecule has 2 aromatic heterocycles. The topological polar surface area (TPSA) is 90.3 Å². The van der Waals surface area contributed by atoms with Crippen molar-refractivity contribution < 1.29 is 4.79 Å². The first-order valence-electron chi connectivity index (χ1n) is 7.49. The molecule has 0 bridgehead atoms. The van der Waals surface area contributed by atoms with Gasteiger partial charge in [-0.25, -0.2) is 4.79 Å². The van der Waals surface area contributed by atoms with Gasteiger partial charge < -0.3 is 5.73 Å². The van der Waals surface area contributed by atoms with Gasteiger partial charge >= 0.3 is 5.69 Å². The summed E-state index contributed by atoms with van der Waals surface area (Å²) in [6, 6.07) is 1.49. The number of ketones is 1. The van der Waals surface area contributed by atoms with Gasteiger partial charge in [-0.1, -0.05) is 0 Å². The highest BCUT2D eigenvalue weighted by Gasteiger charge is 2.27. The van der Waals surface area contributed by atoms with Gasteiger partial charge in [0.15, 0.2) is 5.78 Å². The van der Waals surface area contributed by atoms with E-state index in [0.29, 0.717) is 6.54 Å². The van der Waals surface area contributed by atoms with Crippen LogP contribution in [0.3, 0.4) is 0 Å². The lowest BCUT2D eigenvalue weighted by Gasteiger charge is -2.24. The predicted octanol–water partition coefficient (Wildman–Crippen LogP) is 0.739. The minimum atomic E-state index is -0.659. The zero-order valence-corrected chi connectivity index (χ0v) is 15.3. The zero-order chi connectivity index (χ0) is 18.2. The van der Waals surface area contributed by atoms with Crippen molar-refractivity contribution >= 4 is 22.9 Å². The summed E-state index contributed by atoms with van der Waals surface area (Å²) in [4.78, 5) is 40.0. The van der Waals surface area contributed by atoms with Crippen molar-refractivity contribution in [1.82, 2.24) is 14.0 Å². The second-order valence-electron chi connectivity index (χ2n) is 5.95. The summed E-state index contributed by atoms with van der Waals surface area (Å²) in [6.45, 7) is 4.35. The smallest absolute Gasteiger partial charge is 0.332 e. The van der Waals surface area contributed by atoms with E-state index >= 15 is 0 Å². The van der Waals surface area contributed by atoms with Crippen LogP contribution in [0.4, 0.5) is 5.82 Å². The average Bonchev–Trinajstić information content (AvgIpc) is 2.95. The minimum absolute atomic E-state index is 0.0966. The lowest BCUT2D eigenvalue weighted by Crippen LogP contribution is -2.45. The molecule has 2 N–H and O–H groups in total. The number of rotatable bonds is 5. The van der Waals surface area contributed by atoms with Gasteiger partial charge in [-0.2, -0.15) is 0 Å². The Hall–Kier alpha value is -2.19. The van der Waals surface area contributed by atoms with E-state index in [1.165, 1.54) is 24.5 Å². The third kappa shape index (κ3) is 3.07. The maximum absolute atomic E-state index is 12.8. The van der Waals surface area contributed by atoms with Crippen LogP contribution in [-0.4, -0.2) is 32.9 Å². The number of nitrogens with zero attached hydrogens (tertiary/aromatic N) is 3. The molecule has 130 valence electrons. The number of aromatic nitrogens is 2. The number of anilines is 1. The second kappa shape index (κ2) is 6.74. The number of nitrogens with two attached hydrogens (primary N) is 1. The minimum Gasteiger partial charge on any atom is -0.384 e. The highest BCUT2D eigenvalue weighted by molar-refractivity contribution is 7.10. The van der Waals surface area contributed by atoms with E-state index in [4.69, 9.17) is 5.73 Å². The fraction of sp³-hybridized carbons (Fsp3) is 0.438. The zero-order valence-electron chi connectivity index (χ0n) is 14.5. The van der Waals surface area contributed by atoms with Crippen molar-refractivity contribution in [2.75, 3.05) is 12.8 Å². The summed E-state index contributed by atoms with van der Waals surface area (Å²) in [5, 5.41) is 2.01. The van der Waals surface area contributed by atoms with E-state index in [0.717, 1.165) is 9.13 Å². The number of aryl methyl sites for hydroxylation is 1. The van der Waals surface area contributed by atoms with Crippen LogP contribution in [0.5, 0.6) is 0 Å². The van der Waals surface area contributed by atoms with Crippen LogP contribution in [0.15, 0.2) is 21.0 Å². The van der Waals surface area contributed by atoms with E-state index in [9.17, 15) is 14.4 Å². The summed E-state index contributed by atoms with van der Waals surface area (Å²) in [5.41, 5.74) is 5.69. The summed E-state index contributed by atoms with van der Waals surface area (Å²) in [5.74, 6) is -0.485. The molecule has 0 aliphatic rings. The van der Waals surface area contributed by atoms with E-state index in [-0.39, 0.29) is 17.2 Å². The predicted molar refractivity (Wildman–Crippen MR) is 95.7 cm³/mol. The summed E-state index contributed by atoms with van der Waals surface area (Å²) in [7, 11) is 4.60. The van der Waals surface area contributed by atoms with Crippen molar-refractivity contribution in [3.63, 3.8) is 0 Å².